The molecule has 3 heteroatoms. The average molecular weight is 232 g/mol. The van der Waals surface area contributed by atoms with Crippen LogP contribution in [0.2, 0.25) is 0 Å². The minimum atomic E-state index is 0.0551. The molecule has 0 radical (unpaired) electrons. The van der Waals surface area contributed by atoms with Crippen molar-refractivity contribution < 1.29 is 4.79 Å². The molecule has 0 saturated carbocycles. The third kappa shape index (κ3) is 3.30. The van der Waals surface area contributed by atoms with E-state index in [1.54, 1.807) is 0 Å². The van der Waals surface area contributed by atoms with Crippen molar-refractivity contribution in [3.8, 4) is 0 Å². The molecule has 0 bridgehead atoms. The summed E-state index contributed by atoms with van der Waals surface area (Å²) in [6.45, 7) is 4.16. The summed E-state index contributed by atoms with van der Waals surface area (Å²) < 4.78 is 0. The molecule has 1 aliphatic rings. The Balaban J connectivity index is 1.91. The van der Waals surface area contributed by atoms with Crippen molar-refractivity contribution in [2.24, 2.45) is 0 Å². The SMILES string of the molecule is Cc1ccc(C(=O)NC2CCN(C)CC2)cc1. The minimum absolute atomic E-state index is 0.0551. The number of carbonyl (C=O) groups excluding carboxylic acids is 1. The lowest BCUT2D eigenvalue weighted by Gasteiger charge is -2.29. The highest BCUT2D eigenvalue weighted by molar-refractivity contribution is 5.94. The Labute approximate surface area is 103 Å². The Morgan fingerprint density at radius 2 is 1.82 bits per heavy atom. The molecule has 1 aromatic carbocycles. The lowest BCUT2D eigenvalue weighted by Crippen LogP contribution is -2.43. The first-order valence-electron chi connectivity index (χ1n) is 6.21. The van der Waals surface area contributed by atoms with Crippen LogP contribution in [0, 0.1) is 6.92 Å². The molecule has 3 nitrogen and oxygen atoms in total. The molecule has 1 fully saturated rings. The topological polar surface area (TPSA) is 32.3 Å². The normalized spacial score (nSPS) is 18.0. The lowest BCUT2D eigenvalue weighted by molar-refractivity contribution is 0.0917. The van der Waals surface area contributed by atoms with E-state index in [2.05, 4.69) is 17.3 Å². The van der Waals surface area contributed by atoms with Gasteiger partial charge in [-0.05, 0) is 52.0 Å². The fraction of sp³-hybridized carbons (Fsp3) is 0.500. The van der Waals surface area contributed by atoms with Crippen LogP contribution in [-0.4, -0.2) is 37.0 Å². The van der Waals surface area contributed by atoms with Gasteiger partial charge in [0.05, 0.1) is 0 Å². The van der Waals surface area contributed by atoms with Gasteiger partial charge in [-0.1, -0.05) is 17.7 Å². The summed E-state index contributed by atoms with van der Waals surface area (Å²) in [5.41, 5.74) is 1.94. The quantitative estimate of drug-likeness (QED) is 0.843. The first kappa shape index (κ1) is 12.1. The number of benzene rings is 1. The van der Waals surface area contributed by atoms with Crippen LogP contribution in [0.15, 0.2) is 24.3 Å². The van der Waals surface area contributed by atoms with Gasteiger partial charge in [0.25, 0.3) is 5.91 Å². The van der Waals surface area contributed by atoms with Gasteiger partial charge in [0.15, 0.2) is 0 Å². The molecular formula is C14H20N2O. The van der Waals surface area contributed by atoms with Gasteiger partial charge in [0.1, 0.15) is 0 Å². The van der Waals surface area contributed by atoms with Crippen LogP contribution in [-0.2, 0) is 0 Å². The van der Waals surface area contributed by atoms with E-state index in [0.717, 1.165) is 31.5 Å². The van der Waals surface area contributed by atoms with Crippen molar-refractivity contribution >= 4 is 5.91 Å². The number of aryl methyl sites for hydroxylation is 1. The van der Waals surface area contributed by atoms with Gasteiger partial charge in [-0.15, -0.1) is 0 Å². The van der Waals surface area contributed by atoms with E-state index in [0.29, 0.717) is 6.04 Å². The molecule has 1 heterocycles. The molecule has 1 N–H and O–H groups in total. The van der Waals surface area contributed by atoms with E-state index < -0.39 is 0 Å². The minimum Gasteiger partial charge on any atom is -0.349 e. The number of piperidine rings is 1. The molecule has 0 spiro atoms. The van der Waals surface area contributed by atoms with E-state index in [9.17, 15) is 4.79 Å². The zero-order valence-corrected chi connectivity index (χ0v) is 10.6. The molecule has 0 aliphatic carbocycles. The van der Waals surface area contributed by atoms with Crippen LogP contribution in [0.4, 0.5) is 0 Å². The number of carbonyl (C=O) groups is 1. The summed E-state index contributed by atoms with van der Waals surface area (Å²) in [5.74, 6) is 0.0551. The number of hydrogen-bond donors (Lipinski definition) is 1. The van der Waals surface area contributed by atoms with Crippen molar-refractivity contribution in [1.29, 1.82) is 0 Å². The number of amides is 1. The number of likely N-dealkylation sites (tertiary alicyclic amines) is 1. The van der Waals surface area contributed by atoms with Crippen molar-refractivity contribution in [2.75, 3.05) is 20.1 Å². The van der Waals surface area contributed by atoms with Crippen molar-refractivity contribution in [3.05, 3.63) is 35.4 Å². The third-order valence-corrected chi connectivity index (χ3v) is 3.37. The zero-order valence-electron chi connectivity index (χ0n) is 10.6. The van der Waals surface area contributed by atoms with Crippen LogP contribution >= 0.6 is 0 Å². The average Bonchev–Trinajstić information content (AvgIpc) is 2.33. The molecule has 92 valence electrons. The number of nitrogens with zero attached hydrogens (tertiary/aromatic N) is 1. The maximum atomic E-state index is 12.0. The highest BCUT2D eigenvalue weighted by atomic mass is 16.1. The maximum Gasteiger partial charge on any atom is 0.251 e. The summed E-state index contributed by atoms with van der Waals surface area (Å²) in [6.07, 6.45) is 2.10. The highest BCUT2D eigenvalue weighted by Crippen LogP contribution is 2.10. The van der Waals surface area contributed by atoms with Crippen molar-refractivity contribution in [1.82, 2.24) is 10.2 Å². The van der Waals surface area contributed by atoms with Crippen LogP contribution < -0.4 is 5.32 Å². The van der Waals surface area contributed by atoms with Gasteiger partial charge in [-0.2, -0.15) is 0 Å². The van der Waals surface area contributed by atoms with Gasteiger partial charge in [0, 0.05) is 11.6 Å². The largest absolute Gasteiger partial charge is 0.349 e. The maximum absolute atomic E-state index is 12.0. The Kier molecular flexibility index (Phi) is 3.79. The summed E-state index contributed by atoms with van der Waals surface area (Å²) >= 11 is 0. The monoisotopic (exact) mass is 232 g/mol. The Morgan fingerprint density at radius 3 is 2.41 bits per heavy atom. The lowest BCUT2D eigenvalue weighted by atomic mass is 10.0. The number of rotatable bonds is 2. The summed E-state index contributed by atoms with van der Waals surface area (Å²) in [7, 11) is 2.12. The summed E-state index contributed by atoms with van der Waals surface area (Å²) in [4.78, 5) is 14.3. The van der Waals surface area contributed by atoms with Crippen LogP contribution in [0.1, 0.15) is 28.8 Å². The fourth-order valence-electron chi connectivity index (χ4n) is 2.13. The first-order valence-corrected chi connectivity index (χ1v) is 6.21. The molecule has 17 heavy (non-hydrogen) atoms. The number of hydrogen-bond acceptors (Lipinski definition) is 2. The van der Waals surface area contributed by atoms with Crippen molar-refractivity contribution in [3.63, 3.8) is 0 Å². The van der Waals surface area contributed by atoms with Gasteiger partial charge >= 0.3 is 0 Å². The molecule has 2 rings (SSSR count). The third-order valence-electron chi connectivity index (χ3n) is 3.37. The molecule has 1 aromatic rings. The van der Waals surface area contributed by atoms with E-state index in [1.807, 2.05) is 31.2 Å². The Hall–Kier alpha value is -1.35. The van der Waals surface area contributed by atoms with Crippen molar-refractivity contribution in [2.45, 2.75) is 25.8 Å². The zero-order chi connectivity index (χ0) is 12.3. The van der Waals surface area contributed by atoms with E-state index in [4.69, 9.17) is 0 Å². The molecule has 1 amide bonds. The molecule has 0 atom stereocenters. The van der Waals surface area contributed by atoms with Gasteiger partial charge < -0.3 is 10.2 Å². The predicted molar refractivity (Wildman–Crippen MR) is 69.2 cm³/mol. The molecule has 0 unspecified atom stereocenters. The summed E-state index contributed by atoms with van der Waals surface area (Å²) in [6, 6.07) is 8.06. The van der Waals surface area contributed by atoms with Gasteiger partial charge in [-0.25, -0.2) is 0 Å². The molecular weight excluding hydrogens is 212 g/mol. The van der Waals surface area contributed by atoms with E-state index >= 15 is 0 Å². The van der Waals surface area contributed by atoms with Gasteiger partial charge in [0.2, 0.25) is 0 Å². The van der Waals surface area contributed by atoms with Crippen LogP contribution in [0.3, 0.4) is 0 Å². The Morgan fingerprint density at radius 1 is 1.24 bits per heavy atom. The second kappa shape index (κ2) is 5.32. The van der Waals surface area contributed by atoms with E-state index in [-0.39, 0.29) is 5.91 Å². The second-order valence-electron chi connectivity index (χ2n) is 4.92. The van der Waals surface area contributed by atoms with E-state index in [1.165, 1.54) is 5.56 Å². The van der Waals surface area contributed by atoms with Crippen LogP contribution in [0.25, 0.3) is 0 Å². The predicted octanol–water partition coefficient (Wildman–Crippen LogP) is 1.82. The smallest absolute Gasteiger partial charge is 0.251 e. The van der Waals surface area contributed by atoms with Crippen LogP contribution in [0.5, 0.6) is 0 Å². The molecule has 1 aliphatic heterocycles. The first-order chi connectivity index (χ1) is 8.15. The summed E-state index contributed by atoms with van der Waals surface area (Å²) in [5, 5.41) is 3.11. The Bertz CT molecular complexity index is 378. The standard InChI is InChI=1S/C14H20N2O/c1-11-3-5-12(6-4-11)14(17)15-13-7-9-16(2)10-8-13/h3-6,13H,7-10H2,1-2H3,(H,15,17). The number of nitrogens with one attached hydrogen (secondary N) is 1. The molecule has 0 aromatic heterocycles. The molecule has 1 saturated heterocycles. The van der Waals surface area contributed by atoms with Gasteiger partial charge in [-0.3, -0.25) is 4.79 Å². The fourth-order valence-corrected chi connectivity index (χ4v) is 2.13. The highest BCUT2D eigenvalue weighted by Gasteiger charge is 2.18. The second-order valence-corrected chi connectivity index (χ2v) is 4.92.